The van der Waals surface area contributed by atoms with Crippen LogP contribution in [0.4, 0.5) is 10.8 Å². The fourth-order valence-corrected chi connectivity index (χ4v) is 4.51. The number of hydrogen-bond acceptors (Lipinski definition) is 7. The van der Waals surface area contributed by atoms with E-state index in [4.69, 9.17) is 5.73 Å². The Hall–Kier alpha value is -0.900. The molecule has 1 aliphatic carbocycles. The van der Waals surface area contributed by atoms with Gasteiger partial charge < -0.3 is 16.2 Å². The molecule has 4 N–H and O–H groups in total. The molecule has 1 fully saturated rings. The Morgan fingerprint density at radius 3 is 2.57 bits per heavy atom. The van der Waals surface area contributed by atoms with E-state index in [1.165, 1.54) is 14.1 Å². The lowest BCUT2D eigenvalue weighted by atomic mass is 9.87. The number of anilines is 2. The molecule has 0 aliphatic heterocycles. The number of nitrogens with zero attached hydrogens (tertiary/aromatic N) is 2. The molecule has 1 saturated carbocycles. The van der Waals surface area contributed by atoms with Crippen LogP contribution in [0, 0.1) is 5.92 Å². The van der Waals surface area contributed by atoms with E-state index in [-0.39, 0.29) is 16.8 Å². The van der Waals surface area contributed by atoms with Crippen LogP contribution in [-0.2, 0) is 10.0 Å². The quantitative estimate of drug-likeness (QED) is 0.739. The summed E-state index contributed by atoms with van der Waals surface area (Å²) in [5.41, 5.74) is 5.71. The number of hydrogen-bond donors (Lipinski definition) is 3. The molecule has 0 spiro atoms. The monoisotopic (exact) mass is 334 g/mol. The molecule has 0 aromatic carbocycles. The molecule has 0 radical (unpaired) electrons. The number of rotatable bonds is 5. The van der Waals surface area contributed by atoms with Gasteiger partial charge in [-0.15, -0.1) is 0 Å². The first-order valence-corrected chi connectivity index (χ1v) is 9.13. The third kappa shape index (κ3) is 3.65. The number of sulfonamides is 1. The molecule has 1 heterocycles. The van der Waals surface area contributed by atoms with Crippen LogP contribution < -0.4 is 11.1 Å². The number of nitrogens with one attached hydrogen (secondary N) is 1. The SMILES string of the molecule is CN(C)S(=O)(=O)c1c(N)nsc1NCC1CCC(O)CC1. The van der Waals surface area contributed by atoms with Crippen LogP contribution in [0.5, 0.6) is 0 Å². The van der Waals surface area contributed by atoms with E-state index in [0.29, 0.717) is 17.5 Å². The largest absolute Gasteiger partial charge is 0.393 e. The summed E-state index contributed by atoms with van der Waals surface area (Å²) in [6.07, 6.45) is 3.31. The maximum Gasteiger partial charge on any atom is 0.249 e. The Labute approximate surface area is 129 Å². The van der Waals surface area contributed by atoms with Gasteiger partial charge in [0.25, 0.3) is 0 Å². The minimum absolute atomic E-state index is 0.0373. The maximum absolute atomic E-state index is 12.3. The minimum Gasteiger partial charge on any atom is -0.393 e. The average Bonchev–Trinajstić information content (AvgIpc) is 2.79. The van der Waals surface area contributed by atoms with E-state index in [1.807, 2.05) is 0 Å². The van der Waals surface area contributed by atoms with Crippen LogP contribution in [0.2, 0.25) is 0 Å². The highest BCUT2D eigenvalue weighted by Crippen LogP contribution is 2.34. The summed E-state index contributed by atoms with van der Waals surface area (Å²) in [5, 5.41) is 13.2. The topological polar surface area (TPSA) is 109 Å². The zero-order valence-electron chi connectivity index (χ0n) is 12.2. The van der Waals surface area contributed by atoms with Gasteiger partial charge in [-0.05, 0) is 43.1 Å². The van der Waals surface area contributed by atoms with Gasteiger partial charge in [-0.3, -0.25) is 0 Å². The van der Waals surface area contributed by atoms with Crippen molar-refractivity contribution in [2.45, 2.75) is 36.7 Å². The van der Waals surface area contributed by atoms with Crippen molar-refractivity contribution in [1.29, 1.82) is 0 Å². The fourth-order valence-electron chi connectivity index (χ4n) is 2.42. The number of aliphatic hydroxyl groups excluding tert-OH is 1. The van der Waals surface area contributed by atoms with Crippen LogP contribution in [-0.4, -0.2) is 48.9 Å². The lowest BCUT2D eigenvalue weighted by Gasteiger charge is -2.25. The highest BCUT2D eigenvalue weighted by atomic mass is 32.2. The van der Waals surface area contributed by atoms with Crippen LogP contribution in [0.1, 0.15) is 25.7 Å². The number of aromatic nitrogens is 1. The van der Waals surface area contributed by atoms with E-state index >= 15 is 0 Å². The van der Waals surface area contributed by atoms with Gasteiger partial charge in [0.05, 0.1) is 6.10 Å². The molecule has 2 rings (SSSR count). The van der Waals surface area contributed by atoms with E-state index in [2.05, 4.69) is 9.69 Å². The fraction of sp³-hybridized carbons (Fsp3) is 0.750. The molecule has 0 unspecified atom stereocenters. The Morgan fingerprint density at radius 2 is 2.00 bits per heavy atom. The van der Waals surface area contributed by atoms with Gasteiger partial charge in [-0.25, -0.2) is 12.7 Å². The van der Waals surface area contributed by atoms with E-state index < -0.39 is 10.0 Å². The van der Waals surface area contributed by atoms with Crippen molar-refractivity contribution in [2.75, 3.05) is 31.7 Å². The van der Waals surface area contributed by atoms with Crippen molar-refractivity contribution in [3.05, 3.63) is 0 Å². The molecular weight excluding hydrogens is 312 g/mol. The highest BCUT2D eigenvalue weighted by molar-refractivity contribution is 7.89. The summed E-state index contributed by atoms with van der Waals surface area (Å²) < 4.78 is 29.6. The van der Waals surface area contributed by atoms with Crippen molar-refractivity contribution in [3.63, 3.8) is 0 Å². The Morgan fingerprint density at radius 1 is 1.38 bits per heavy atom. The summed E-state index contributed by atoms with van der Waals surface area (Å²) in [5.74, 6) is 0.474. The normalized spacial score (nSPS) is 23.4. The lowest BCUT2D eigenvalue weighted by Crippen LogP contribution is -2.25. The third-order valence-electron chi connectivity index (χ3n) is 3.78. The number of nitrogen functional groups attached to an aromatic ring is 1. The average molecular weight is 334 g/mol. The summed E-state index contributed by atoms with van der Waals surface area (Å²) in [7, 11) is -0.661. The first kappa shape index (κ1) is 16.5. The molecule has 1 aliphatic rings. The van der Waals surface area contributed by atoms with Crippen molar-refractivity contribution >= 4 is 32.4 Å². The number of nitrogens with two attached hydrogens (primary N) is 1. The van der Waals surface area contributed by atoms with Crippen molar-refractivity contribution in [2.24, 2.45) is 5.92 Å². The predicted molar refractivity (Wildman–Crippen MR) is 83.9 cm³/mol. The molecule has 9 heteroatoms. The van der Waals surface area contributed by atoms with Crippen LogP contribution in [0.25, 0.3) is 0 Å². The summed E-state index contributed by atoms with van der Waals surface area (Å²) in [6.45, 7) is 0.671. The standard InChI is InChI=1S/C12H22N4O3S2/c1-16(2)21(18,19)10-11(13)15-20-12(10)14-7-8-3-5-9(17)6-4-8/h8-9,14,17H,3-7H2,1-2H3,(H2,13,15). The first-order valence-electron chi connectivity index (χ1n) is 6.92. The Bertz CT molecular complexity index is 577. The molecule has 1 aromatic heterocycles. The van der Waals surface area contributed by atoms with Gasteiger partial charge in [-0.1, -0.05) is 0 Å². The first-order chi connectivity index (χ1) is 9.82. The Kier molecular flexibility index (Phi) is 5.07. The van der Waals surface area contributed by atoms with E-state index in [0.717, 1.165) is 41.5 Å². The lowest BCUT2D eigenvalue weighted by molar-refractivity contribution is 0.111. The summed E-state index contributed by atoms with van der Waals surface area (Å²) in [4.78, 5) is 0.0633. The van der Waals surface area contributed by atoms with Gasteiger partial charge in [0.2, 0.25) is 10.0 Å². The molecule has 0 atom stereocenters. The van der Waals surface area contributed by atoms with Crippen LogP contribution in [0.15, 0.2) is 4.90 Å². The highest BCUT2D eigenvalue weighted by Gasteiger charge is 2.28. The van der Waals surface area contributed by atoms with Gasteiger partial charge in [0.1, 0.15) is 5.00 Å². The molecule has 120 valence electrons. The smallest absolute Gasteiger partial charge is 0.249 e. The van der Waals surface area contributed by atoms with Gasteiger partial charge in [0, 0.05) is 20.6 Å². The number of aliphatic hydroxyl groups is 1. The van der Waals surface area contributed by atoms with Crippen molar-refractivity contribution < 1.29 is 13.5 Å². The molecule has 0 bridgehead atoms. The maximum atomic E-state index is 12.3. The summed E-state index contributed by atoms with van der Waals surface area (Å²) >= 11 is 1.07. The molecule has 7 nitrogen and oxygen atoms in total. The van der Waals surface area contributed by atoms with Crippen molar-refractivity contribution in [1.82, 2.24) is 8.68 Å². The van der Waals surface area contributed by atoms with Crippen LogP contribution in [0.3, 0.4) is 0 Å². The van der Waals surface area contributed by atoms with Gasteiger partial charge >= 0.3 is 0 Å². The zero-order chi connectivity index (χ0) is 15.6. The molecular formula is C12H22N4O3S2. The molecule has 21 heavy (non-hydrogen) atoms. The van der Waals surface area contributed by atoms with E-state index in [1.54, 1.807) is 0 Å². The molecule has 0 saturated heterocycles. The molecule has 0 amide bonds. The van der Waals surface area contributed by atoms with Gasteiger partial charge in [0.15, 0.2) is 10.7 Å². The van der Waals surface area contributed by atoms with Gasteiger partial charge in [-0.2, -0.15) is 4.37 Å². The third-order valence-corrected chi connectivity index (χ3v) is 6.62. The Balaban J connectivity index is 2.08. The zero-order valence-corrected chi connectivity index (χ0v) is 13.9. The second-order valence-electron chi connectivity index (χ2n) is 5.57. The predicted octanol–water partition coefficient (Wildman–Crippen LogP) is 0.939. The second kappa shape index (κ2) is 6.47. The minimum atomic E-state index is -3.60. The van der Waals surface area contributed by atoms with E-state index in [9.17, 15) is 13.5 Å². The molecule has 1 aromatic rings. The van der Waals surface area contributed by atoms with Crippen molar-refractivity contribution in [3.8, 4) is 0 Å². The second-order valence-corrected chi connectivity index (χ2v) is 8.43. The summed E-state index contributed by atoms with van der Waals surface area (Å²) in [6, 6.07) is 0. The van der Waals surface area contributed by atoms with Crippen LogP contribution >= 0.6 is 11.5 Å².